The van der Waals surface area contributed by atoms with Gasteiger partial charge < -0.3 is 9.90 Å². The minimum Gasteiger partial charge on any atom is -0.481 e. The molecule has 0 aliphatic carbocycles. The van der Waals surface area contributed by atoms with Gasteiger partial charge in [0.2, 0.25) is 0 Å². The average molecular weight is 214 g/mol. The molecule has 0 radical (unpaired) electrons. The van der Waals surface area contributed by atoms with Gasteiger partial charge in [0.15, 0.2) is 0 Å². The highest BCUT2D eigenvalue weighted by atomic mass is 32.2. The van der Waals surface area contributed by atoms with Crippen LogP contribution in [0.15, 0.2) is 11.5 Å². The predicted molar refractivity (Wildman–Crippen MR) is 56.2 cm³/mol. The fourth-order valence-electron chi connectivity index (χ4n) is 1.48. The maximum absolute atomic E-state index is 10.9. The summed E-state index contributed by atoms with van der Waals surface area (Å²) in [4.78, 5) is 21.1. The molecule has 0 fully saturated rings. The van der Waals surface area contributed by atoms with E-state index in [0.29, 0.717) is 6.42 Å². The highest BCUT2D eigenvalue weighted by molar-refractivity contribution is 8.04. The summed E-state index contributed by atoms with van der Waals surface area (Å²) >= 11 is 1.55. The lowest BCUT2D eigenvalue weighted by atomic mass is 9.98. The van der Waals surface area contributed by atoms with Crippen molar-refractivity contribution in [2.24, 2.45) is 0 Å². The van der Waals surface area contributed by atoms with Crippen molar-refractivity contribution in [3.63, 3.8) is 0 Å². The molecule has 0 saturated heterocycles. The Morgan fingerprint density at radius 3 is 2.86 bits per heavy atom. The number of carboxylic acids is 1. The fourth-order valence-corrected chi connectivity index (χ4v) is 2.45. The van der Waals surface area contributed by atoms with Crippen molar-refractivity contribution >= 4 is 24.0 Å². The summed E-state index contributed by atoms with van der Waals surface area (Å²) in [6, 6.07) is 0. The van der Waals surface area contributed by atoms with E-state index in [4.69, 9.17) is 5.11 Å². The van der Waals surface area contributed by atoms with E-state index in [2.05, 4.69) is 0 Å². The van der Waals surface area contributed by atoms with Crippen molar-refractivity contribution in [2.45, 2.75) is 36.9 Å². The van der Waals surface area contributed by atoms with E-state index in [9.17, 15) is 9.59 Å². The zero-order valence-electron chi connectivity index (χ0n) is 7.94. The van der Waals surface area contributed by atoms with E-state index in [0.717, 1.165) is 25.5 Å². The third-order valence-corrected chi connectivity index (χ3v) is 3.58. The number of aldehydes is 1. The van der Waals surface area contributed by atoms with Gasteiger partial charge in [0, 0.05) is 6.42 Å². The molecule has 0 spiro atoms. The van der Waals surface area contributed by atoms with Crippen molar-refractivity contribution in [1.82, 2.24) is 0 Å². The first kappa shape index (κ1) is 11.3. The van der Waals surface area contributed by atoms with Gasteiger partial charge in [0.1, 0.15) is 6.29 Å². The number of hydrogen-bond donors (Lipinski definition) is 1. The number of carbonyl (C=O) groups excluding carboxylic acids is 1. The third-order valence-electron chi connectivity index (χ3n) is 2.32. The highest BCUT2D eigenvalue weighted by Crippen LogP contribution is 2.38. The van der Waals surface area contributed by atoms with E-state index in [-0.39, 0.29) is 11.2 Å². The Morgan fingerprint density at radius 2 is 2.36 bits per heavy atom. The van der Waals surface area contributed by atoms with Crippen LogP contribution in [0.3, 0.4) is 0 Å². The van der Waals surface area contributed by atoms with Crippen molar-refractivity contribution < 1.29 is 14.7 Å². The van der Waals surface area contributed by atoms with Crippen LogP contribution in [0.1, 0.15) is 32.1 Å². The Labute approximate surface area is 87.6 Å². The Morgan fingerprint density at radius 1 is 1.57 bits per heavy atom. The largest absolute Gasteiger partial charge is 0.481 e. The number of carboxylic acid groups (broad SMARTS) is 1. The molecular weight excluding hydrogens is 200 g/mol. The maximum Gasteiger partial charge on any atom is 0.303 e. The van der Waals surface area contributed by atoms with Crippen LogP contribution >= 0.6 is 11.8 Å². The van der Waals surface area contributed by atoms with Crippen molar-refractivity contribution in [3.05, 3.63) is 11.5 Å². The van der Waals surface area contributed by atoms with Gasteiger partial charge in [-0.1, -0.05) is 12.5 Å². The molecule has 0 aromatic carbocycles. The molecule has 0 bridgehead atoms. The van der Waals surface area contributed by atoms with Crippen LogP contribution in [0.2, 0.25) is 0 Å². The molecule has 14 heavy (non-hydrogen) atoms. The van der Waals surface area contributed by atoms with E-state index in [1.165, 1.54) is 0 Å². The van der Waals surface area contributed by atoms with Crippen molar-refractivity contribution in [2.75, 3.05) is 0 Å². The maximum atomic E-state index is 10.9. The monoisotopic (exact) mass is 214 g/mol. The Balaban J connectivity index is 2.22. The van der Waals surface area contributed by atoms with E-state index in [1.807, 2.05) is 11.5 Å². The molecule has 1 rings (SSSR count). The lowest BCUT2D eigenvalue weighted by Gasteiger charge is -2.20. The van der Waals surface area contributed by atoms with Gasteiger partial charge in [-0.2, -0.15) is 0 Å². The van der Waals surface area contributed by atoms with Crippen LogP contribution in [0.4, 0.5) is 0 Å². The second-order valence-electron chi connectivity index (χ2n) is 3.48. The molecule has 1 unspecified atom stereocenters. The number of thioether (sulfide) groups is 1. The summed E-state index contributed by atoms with van der Waals surface area (Å²) in [6.45, 7) is 0. The van der Waals surface area contributed by atoms with Crippen LogP contribution in [-0.4, -0.2) is 22.1 Å². The van der Waals surface area contributed by atoms with Gasteiger partial charge in [-0.25, -0.2) is 0 Å². The molecule has 1 heterocycles. The Kier molecular flexibility index (Phi) is 4.20. The molecule has 3 nitrogen and oxygen atoms in total. The molecule has 0 saturated carbocycles. The predicted octanol–water partition coefficient (Wildman–Crippen LogP) is 2.22. The fraction of sp³-hybridized carbons (Fsp3) is 0.600. The lowest BCUT2D eigenvalue weighted by Crippen LogP contribution is -2.22. The van der Waals surface area contributed by atoms with Crippen LogP contribution in [0, 0.1) is 0 Å². The summed E-state index contributed by atoms with van der Waals surface area (Å²) in [6.07, 6.45) is 6.22. The van der Waals surface area contributed by atoms with Crippen LogP contribution in [-0.2, 0) is 9.59 Å². The van der Waals surface area contributed by atoms with Gasteiger partial charge in [-0.05, 0) is 24.7 Å². The molecule has 1 aliphatic heterocycles. The summed E-state index contributed by atoms with van der Waals surface area (Å²) in [5, 5.41) is 10.4. The van der Waals surface area contributed by atoms with Crippen molar-refractivity contribution in [1.29, 1.82) is 0 Å². The summed E-state index contributed by atoms with van der Waals surface area (Å²) < 4.78 is -0.293. The molecule has 4 heteroatoms. The number of rotatable bonds is 6. The first-order chi connectivity index (χ1) is 6.68. The van der Waals surface area contributed by atoms with E-state index >= 15 is 0 Å². The zero-order chi connectivity index (χ0) is 10.4. The lowest BCUT2D eigenvalue weighted by molar-refractivity contribution is -0.137. The van der Waals surface area contributed by atoms with Crippen LogP contribution in [0.25, 0.3) is 0 Å². The summed E-state index contributed by atoms with van der Waals surface area (Å²) in [5.41, 5.74) is 0. The highest BCUT2D eigenvalue weighted by Gasteiger charge is 2.30. The molecule has 1 N–H and O–H groups in total. The smallest absolute Gasteiger partial charge is 0.303 e. The molecule has 0 amide bonds. The second-order valence-corrected chi connectivity index (χ2v) is 4.80. The third kappa shape index (κ3) is 3.18. The number of allylic oxidation sites excluding steroid dienone is 1. The molecule has 0 aromatic heterocycles. The van der Waals surface area contributed by atoms with E-state index < -0.39 is 5.97 Å². The number of unbranched alkanes of at least 4 members (excludes halogenated alkanes) is 1. The summed E-state index contributed by atoms with van der Waals surface area (Å²) in [7, 11) is 0. The number of aliphatic carboxylic acids is 1. The van der Waals surface area contributed by atoms with Gasteiger partial charge in [0.25, 0.3) is 0 Å². The number of carbonyl (C=O) groups is 2. The van der Waals surface area contributed by atoms with Crippen molar-refractivity contribution in [3.8, 4) is 0 Å². The SMILES string of the molecule is O=CC1(CCCCC(=O)O)CC=CS1. The molecule has 1 atom stereocenters. The van der Waals surface area contributed by atoms with Gasteiger partial charge in [-0.15, -0.1) is 11.8 Å². The Bertz CT molecular complexity index is 240. The quantitative estimate of drug-likeness (QED) is 0.544. The normalized spacial score (nSPS) is 25.1. The van der Waals surface area contributed by atoms with Crippen LogP contribution in [0.5, 0.6) is 0 Å². The van der Waals surface area contributed by atoms with Gasteiger partial charge >= 0.3 is 5.97 Å². The minimum absolute atomic E-state index is 0.201. The summed E-state index contributed by atoms with van der Waals surface area (Å²) in [5.74, 6) is -0.762. The molecule has 0 aromatic rings. The molecular formula is C10H14O3S. The van der Waals surface area contributed by atoms with Crippen LogP contribution < -0.4 is 0 Å². The molecule has 78 valence electrons. The van der Waals surface area contributed by atoms with E-state index in [1.54, 1.807) is 11.8 Å². The second kappa shape index (κ2) is 5.20. The van der Waals surface area contributed by atoms with Gasteiger partial charge in [0.05, 0.1) is 4.75 Å². The zero-order valence-corrected chi connectivity index (χ0v) is 8.76. The minimum atomic E-state index is -0.762. The first-order valence-corrected chi connectivity index (χ1v) is 5.57. The Hall–Kier alpha value is -0.770. The topological polar surface area (TPSA) is 54.4 Å². The molecule has 1 aliphatic rings. The standard InChI is InChI=1S/C10H14O3S/c11-8-10(6-3-7-14-10)5-2-1-4-9(12)13/h3,7-8H,1-2,4-6H2,(H,12,13). The number of hydrogen-bond acceptors (Lipinski definition) is 3. The average Bonchev–Trinajstić information content (AvgIpc) is 2.62. The van der Waals surface area contributed by atoms with Gasteiger partial charge in [-0.3, -0.25) is 4.79 Å². The first-order valence-electron chi connectivity index (χ1n) is 4.69.